The highest BCUT2D eigenvalue weighted by Gasteiger charge is 2.20. The molecule has 0 spiro atoms. The number of aliphatic imine (C=N–C) groups is 1. The summed E-state index contributed by atoms with van der Waals surface area (Å²) in [5.41, 5.74) is 1.92. The Morgan fingerprint density at radius 3 is 3.05 bits per heavy atom. The third kappa shape index (κ3) is 2.71. The van der Waals surface area contributed by atoms with Crippen molar-refractivity contribution < 1.29 is 9.53 Å². The quantitative estimate of drug-likeness (QED) is 0.830. The zero-order valence-electron chi connectivity index (χ0n) is 10.2. The largest absolute Gasteiger partial charge is 0.444 e. The van der Waals surface area contributed by atoms with Gasteiger partial charge in [0, 0.05) is 12.4 Å². The van der Waals surface area contributed by atoms with E-state index in [0.717, 1.165) is 22.1 Å². The lowest BCUT2D eigenvalue weighted by atomic mass is 10.2. The third-order valence-corrected chi connectivity index (χ3v) is 3.66. The highest BCUT2D eigenvalue weighted by molar-refractivity contribution is 8.04. The van der Waals surface area contributed by atoms with Crippen molar-refractivity contribution in [3.8, 4) is 0 Å². The van der Waals surface area contributed by atoms with Crippen LogP contribution in [0.15, 0.2) is 58.7 Å². The van der Waals surface area contributed by atoms with Crippen LogP contribution in [0, 0.1) is 0 Å². The number of hydrogen-bond donors (Lipinski definition) is 0. The summed E-state index contributed by atoms with van der Waals surface area (Å²) < 4.78 is 5.26. The SMILES string of the molecule is O=C(OCc1ccccc1)N1C=CC2=NCSC2=C1. The van der Waals surface area contributed by atoms with Crippen LogP contribution in [0.4, 0.5) is 4.79 Å². The summed E-state index contributed by atoms with van der Waals surface area (Å²) >= 11 is 1.62. The minimum absolute atomic E-state index is 0.279. The summed E-state index contributed by atoms with van der Waals surface area (Å²) in [6.07, 6.45) is 4.91. The van der Waals surface area contributed by atoms with E-state index in [4.69, 9.17) is 4.74 Å². The molecule has 96 valence electrons. The molecule has 0 saturated heterocycles. The molecule has 2 aliphatic rings. The third-order valence-electron chi connectivity index (χ3n) is 2.77. The van der Waals surface area contributed by atoms with E-state index in [0.29, 0.717) is 0 Å². The number of carbonyl (C=O) groups is 1. The van der Waals surface area contributed by atoms with Crippen molar-refractivity contribution in [3.63, 3.8) is 0 Å². The molecule has 19 heavy (non-hydrogen) atoms. The van der Waals surface area contributed by atoms with Crippen molar-refractivity contribution in [3.05, 3.63) is 59.3 Å². The summed E-state index contributed by atoms with van der Waals surface area (Å²) in [4.78, 5) is 18.7. The second-order valence-electron chi connectivity index (χ2n) is 4.07. The molecule has 0 saturated carbocycles. The van der Waals surface area contributed by atoms with Crippen LogP contribution in [-0.2, 0) is 11.3 Å². The van der Waals surface area contributed by atoms with Gasteiger partial charge < -0.3 is 4.74 Å². The van der Waals surface area contributed by atoms with Gasteiger partial charge in [-0.3, -0.25) is 9.89 Å². The molecule has 0 aliphatic carbocycles. The van der Waals surface area contributed by atoms with Gasteiger partial charge in [-0.2, -0.15) is 0 Å². The molecule has 4 nitrogen and oxygen atoms in total. The van der Waals surface area contributed by atoms with E-state index in [1.54, 1.807) is 24.2 Å². The minimum atomic E-state index is -0.376. The van der Waals surface area contributed by atoms with E-state index >= 15 is 0 Å². The second kappa shape index (κ2) is 5.32. The van der Waals surface area contributed by atoms with E-state index < -0.39 is 0 Å². The predicted molar refractivity (Wildman–Crippen MR) is 75.6 cm³/mol. The summed E-state index contributed by atoms with van der Waals surface area (Å²) in [5, 5.41) is 0. The van der Waals surface area contributed by atoms with Gasteiger partial charge >= 0.3 is 6.09 Å². The Kier molecular flexibility index (Phi) is 3.37. The number of nitrogens with zero attached hydrogens (tertiary/aromatic N) is 2. The van der Waals surface area contributed by atoms with Crippen molar-refractivity contribution >= 4 is 23.6 Å². The molecule has 2 aliphatic heterocycles. The molecule has 1 aromatic carbocycles. The first-order valence-corrected chi connectivity index (χ1v) is 6.88. The monoisotopic (exact) mass is 272 g/mol. The number of rotatable bonds is 2. The first-order valence-electron chi connectivity index (χ1n) is 5.89. The van der Waals surface area contributed by atoms with E-state index in [2.05, 4.69) is 4.99 Å². The van der Waals surface area contributed by atoms with Crippen molar-refractivity contribution in [2.24, 2.45) is 4.99 Å². The molecular weight excluding hydrogens is 260 g/mol. The van der Waals surface area contributed by atoms with Crippen LogP contribution in [-0.4, -0.2) is 22.6 Å². The molecule has 0 fully saturated rings. The smallest absolute Gasteiger partial charge is 0.418 e. The number of hydrogen-bond acceptors (Lipinski definition) is 4. The molecule has 0 atom stereocenters. The number of amides is 1. The average molecular weight is 272 g/mol. The van der Waals surface area contributed by atoms with E-state index in [1.807, 2.05) is 36.4 Å². The predicted octanol–water partition coefficient (Wildman–Crippen LogP) is 3.14. The normalized spacial score (nSPS) is 16.7. The Morgan fingerprint density at radius 2 is 2.21 bits per heavy atom. The van der Waals surface area contributed by atoms with Crippen molar-refractivity contribution in [2.75, 3.05) is 5.88 Å². The average Bonchev–Trinajstić information content (AvgIpc) is 2.93. The van der Waals surface area contributed by atoms with Gasteiger partial charge in [-0.1, -0.05) is 42.1 Å². The highest BCUT2D eigenvalue weighted by atomic mass is 32.2. The van der Waals surface area contributed by atoms with Gasteiger partial charge in [-0.25, -0.2) is 4.79 Å². The maximum atomic E-state index is 11.9. The number of fused-ring (bicyclic) bond motifs is 1. The lowest BCUT2D eigenvalue weighted by Gasteiger charge is -2.17. The highest BCUT2D eigenvalue weighted by Crippen LogP contribution is 2.28. The van der Waals surface area contributed by atoms with Crippen LogP contribution < -0.4 is 0 Å². The van der Waals surface area contributed by atoms with Crippen molar-refractivity contribution in [1.82, 2.24) is 4.90 Å². The van der Waals surface area contributed by atoms with Gasteiger partial charge in [-0.15, -0.1) is 0 Å². The number of thioether (sulfide) groups is 1. The van der Waals surface area contributed by atoms with E-state index in [1.165, 1.54) is 4.90 Å². The Balaban J connectivity index is 1.61. The lowest BCUT2D eigenvalue weighted by molar-refractivity contribution is 0.121. The molecule has 0 bridgehead atoms. The molecule has 0 unspecified atom stereocenters. The summed E-state index contributed by atoms with van der Waals surface area (Å²) in [7, 11) is 0. The number of ether oxygens (including phenoxy) is 1. The fraction of sp³-hybridized carbons (Fsp3) is 0.143. The molecule has 0 N–H and O–H groups in total. The molecular formula is C14H12N2O2S. The Bertz CT molecular complexity index is 578. The second-order valence-corrected chi connectivity index (χ2v) is 5.06. The van der Waals surface area contributed by atoms with Crippen molar-refractivity contribution in [1.29, 1.82) is 0 Å². The maximum absolute atomic E-state index is 11.9. The molecule has 5 heteroatoms. The van der Waals surface area contributed by atoms with E-state index in [-0.39, 0.29) is 12.7 Å². The Labute approximate surface area is 115 Å². The van der Waals surface area contributed by atoms with Crippen LogP contribution in [0.5, 0.6) is 0 Å². The molecule has 2 heterocycles. The summed E-state index contributed by atoms with van der Waals surface area (Å²) in [6.45, 7) is 0.279. The standard InChI is InChI=1S/C14H12N2O2S/c17-14(18-9-11-4-2-1-3-5-11)16-7-6-12-13(8-16)19-10-15-12/h1-8H,9-10H2. The van der Waals surface area contributed by atoms with Crippen molar-refractivity contribution in [2.45, 2.75) is 6.61 Å². The zero-order valence-corrected chi connectivity index (χ0v) is 11.0. The van der Waals surface area contributed by atoms with Crippen LogP contribution in [0.25, 0.3) is 0 Å². The van der Waals surface area contributed by atoms with Gasteiger partial charge in [0.1, 0.15) is 6.61 Å². The van der Waals surface area contributed by atoms with E-state index in [9.17, 15) is 4.79 Å². The fourth-order valence-corrected chi connectivity index (χ4v) is 2.60. The molecule has 1 amide bonds. The van der Waals surface area contributed by atoms with Gasteiger partial charge in [0.25, 0.3) is 0 Å². The van der Waals surface area contributed by atoms with Crippen LogP contribution in [0.2, 0.25) is 0 Å². The molecule has 0 aromatic heterocycles. The van der Waals surface area contributed by atoms with Gasteiger partial charge in [0.15, 0.2) is 0 Å². The lowest BCUT2D eigenvalue weighted by Crippen LogP contribution is -2.24. The van der Waals surface area contributed by atoms with Gasteiger partial charge in [0.05, 0.1) is 16.5 Å². The zero-order chi connectivity index (χ0) is 13.1. The summed E-state index contributed by atoms with van der Waals surface area (Å²) in [6, 6.07) is 9.62. The first kappa shape index (κ1) is 12.0. The van der Waals surface area contributed by atoms with Gasteiger partial charge in [0.2, 0.25) is 0 Å². The fourth-order valence-electron chi connectivity index (χ4n) is 1.79. The molecule has 1 aromatic rings. The summed E-state index contributed by atoms with van der Waals surface area (Å²) in [5.74, 6) is 0.721. The van der Waals surface area contributed by atoms with Crippen LogP contribution >= 0.6 is 11.8 Å². The maximum Gasteiger partial charge on any atom is 0.418 e. The Hall–Kier alpha value is -2.01. The number of carbonyl (C=O) groups excluding carboxylic acids is 1. The number of benzene rings is 1. The van der Waals surface area contributed by atoms with Crippen LogP contribution in [0.1, 0.15) is 5.56 Å². The molecule has 3 rings (SSSR count). The van der Waals surface area contributed by atoms with Gasteiger partial charge in [-0.05, 0) is 11.6 Å². The molecule has 0 radical (unpaired) electrons. The first-order chi connectivity index (χ1) is 9.33. The Morgan fingerprint density at radius 1 is 1.37 bits per heavy atom. The number of allylic oxidation sites excluding steroid dienone is 2. The topological polar surface area (TPSA) is 41.9 Å². The minimum Gasteiger partial charge on any atom is -0.444 e. The van der Waals surface area contributed by atoms with Crippen LogP contribution in [0.3, 0.4) is 0 Å².